The van der Waals surface area contributed by atoms with Gasteiger partial charge < -0.3 is 29.7 Å². The van der Waals surface area contributed by atoms with E-state index in [2.05, 4.69) is 16.2 Å². The van der Waals surface area contributed by atoms with Gasteiger partial charge in [0, 0.05) is 36.1 Å². The average Bonchev–Trinajstić information content (AvgIpc) is 3.62. The van der Waals surface area contributed by atoms with Crippen molar-refractivity contribution in [2.24, 2.45) is 0 Å². The molecule has 0 amide bonds. The Kier molecular flexibility index (Phi) is 7.14. The van der Waals surface area contributed by atoms with E-state index in [9.17, 15) is 19.4 Å². The molecule has 44 heavy (non-hydrogen) atoms. The fourth-order valence-electron chi connectivity index (χ4n) is 6.75. The van der Waals surface area contributed by atoms with Crippen molar-refractivity contribution in [3.63, 3.8) is 0 Å². The summed E-state index contributed by atoms with van der Waals surface area (Å²) in [6.07, 6.45) is 11.9. The fraction of sp³-hybridized carbons (Fsp3) is 0.455. The lowest BCUT2D eigenvalue weighted by Crippen LogP contribution is -2.46. The molecule has 3 N–H and O–H groups in total. The maximum absolute atomic E-state index is 14.9. The number of rotatable bonds is 7. The molecule has 0 bridgehead atoms. The minimum absolute atomic E-state index is 0.0338. The molecule has 2 aliphatic heterocycles. The summed E-state index contributed by atoms with van der Waals surface area (Å²) in [5.74, 6) is 1.77. The summed E-state index contributed by atoms with van der Waals surface area (Å²) in [5, 5.41) is 25.7. The van der Waals surface area contributed by atoms with Crippen molar-refractivity contribution in [1.82, 2.24) is 24.8 Å². The zero-order chi connectivity index (χ0) is 30.6. The molecule has 2 saturated heterocycles. The van der Waals surface area contributed by atoms with E-state index >= 15 is 0 Å². The highest BCUT2D eigenvalue weighted by Crippen LogP contribution is 2.41. The predicted octanol–water partition coefficient (Wildman–Crippen LogP) is 4.24. The summed E-state index contributed by atoms with van der Waals surface area (Å²) in [6.45, 7) is 4.16. The number of phenols is 1. The molecule has 10 nitrogen and oxygen atoms in total. The lowest BCUT2D eigenvalue weighted by atomic mass is 9.91. The highest BCUT2D eigenvalue weighted by atomic mass is 19.1. The number of hydrogen-bond acceptors (Lipinski definition) is 9. The summed E-state index contributed by atoms with van der Waals surface area (Å²) in [6, 6.07) is 5.81. The Labute approximate surface area is 254 Å². The van der Waals surface area contributed by atoms with Gasteiger partial charge in [-0.05, 0) is 82.0 Å². The van der Waals surface area contributed by atoms with Gasteiger partial charge in [0.2, 0.25) is 5.78 Å². The predicted molar refractivity (Wildman–Crippen MR) is 164 cm³/mol. The van der Waals surface area contributed by atoms with Crippen LogP contribution in [0.25, 0.3) is 21.9 Å². The van der Waals surface area contributed by atoms with Crippen molar-refractivity contribution >= 4 is 33.5 Å². The van der Waals surface area contributed by atoms with E-state index < -0.39 is 17.2 Å². The summed E-state index contributed by atoms with van der Waals surface area (Å²) < 4.78 is 22.8. The molecule has 3 fully saturated rings. The van der Waals surface area contributed by atoms with Gasteiger partial charge in [0.1, 0.15) is 23.7 Å². The van der Waals surface area contributed by atoms with Gasteiger partial charge in [-0.25, -0.2) is 9.37 Å². The number of carbonyl (C=O) groups is 1. The molecule has 11 heteroatoms. The number of terminal acetylenes is 1. The van der Waals surface area contributed by atoms with Crippen LogP contribution in [0.5, 0.6) is 11.8 Å². The topological polar surface area (TPSA) is 126 Å². The quantitative estimate of drug-likeness (QED) is 0.212. The smallest absolute Gasteiger partial charge is 0.320 e. The molecule has 2 atom stereocenters. The maximum atomic E-state index is 14.9. The van der Waals surface area contributed by atoms with Crippen molar-refractivity contribution in [2.75, 3.05) is 31.1 Å². The third-order valence-corrected chi connectivity index (χ3v) is 9.14. The monoisotopic (exact) mass is 598 g/mol. The van der Waals surface area contributed by atoms with E-state index in [4.69, 9.17) is 21.1 Å². The first kappa shape index (κ1) is 28.5. The molecule has 0 unspecified atom stereocenters. The van der Waals surface area contributed by atoms with Crippen molar-refractivity contribution < 1.29 is 24.1 Å². The van der Waals surface area contributed by atoms with Gasteiger partial charge in [0.15, 0.2) is 17.3 Å². The molecule has 1 aliphatic carbocycles. The van der Waals surface area contributed by atoms with Gasteiger partial charge in [-0.1, -0.05) is 12.0 Å². The number of aromatic nitrogens is 4. The van der Waals surface area contributed by atoms with E-state index in [0.717, 1.165) is 45.1 Å². The third-order valence-electron chi connectivity index (χ3n) is 9.14. The maximum Gasteiger partial charge on any atom is 0.320 e. The summed E-state index contributed by atoms with van der Waals surface area (Å²) in [4.78, 5) is 30.8. The summed E-state index contributed by atoms with van der Waals surface area (Å²) in [5.41, 5.74) is -0.0139. The minimum atomic E-state index is -0.916. The number of carbonyl (C=O) groups excluding carboxylic acids is 1. The first-order valence-corrected chi connectivity index (χ1v) is 15.3. The number of β-amino-alcohol motifs (C(OH)–C–C–N with tert-alkyl or cyclic N) is 1. The van der Waals surface area contributed by atoms with Crippen LogP contribution in [0.2, 0.25) is 0 Å². The van der Waals surface area contributed by atoms with Gasteiger partial charge in [-0.3, -0.25) is 4.79 Å². The Hall–Kier alpha value is -4.27. The van der Waals surface area contributed by atoms with Gasteiger partial charge >= 0.3 is 6.01 Å². The number of hydrogen-bond donors (Lipinski definition) is 3. The van der Waals surface area contributed by atoms with E-state index in [0.29, 0.717) is 48.5 Å². The Morgan fingerprint density at radius 2 is 2.05 bits per heavy atom. The van der Waals surface area contributed by atoms with Crippen LogP contribution in [0.3, 0.4) is 0 Å². The SMILES string of the molecule is C#Cc1c(F)ccc2cc(O)cc(C(=O)c3nc4nc(OC[C@@H]5CCCN5)nc(N5CCC[C@@](C)(O)C5)c4n3C3CCC3)c12. The molecule has 2 aromatic heterocycles. The largest absolute Gasteiger partial charge is 0.508 e. The standard InChI is InChI=1S/C33H35FN6O4/c1-3-23-25(34)11-10-19-15-22(41)16-24(26(19)23)28(42)31-36-29-27(40(31)21-8-4-9-21)30(39-14-6-12-33(2,43)18-39)38-32(37-29)44-17-20-7-5-13-35-20/h1,10-11,15-16,20-21,35,41,43H,4-9,12-14,17-18H2,2H3/t20-,33+/m0/s1. The number of aromatic hydroxyl groups is 1. The fourth-order valence-corrected chi connectivity index (χ4v) is 6.75. The number of ether oxygens (including phenoxy) is 1. The number of fused-ring (bicyclic) bond motifs is 2. The van der Waals surface area contributed by atoms with E-state index in [1.165, 1.54) is 24.3 Å². The minimum Gasteiger partial charge on any atom is -0.508 e. The van der Waals surface area contributed by atoms with Crippen LogP contribution in [-0.2, 0) is 0 Å². The van der Waals surface area contributed by atoms with Gasteiger partial charge in [0.05, 0.1) is 11.2 Å². The number of benzene rings is 2. The molecule has 2 aromatic carbocycles. The first-order chi connectivity index (χ1) is 21.2. The molecule has 228 valence electrons. The van der Waals surface area contributed by atoms with Gasteiger partial charge in [-0.15, -0.1) is 6.42 Å². The molecular weight excluding hydrogens is 563 g/mol. The van der Waals surface area contributed by atoms with Crippen molar-refractivity contribution in [2.45, 2.75) is 69.6 Å². The van der Waals surface area contributed by atoms with Crippen LogP contribution in [0, 0.1) is 18.2 Å². The number of nitrogens with zero attached hydrogens (tertiary/aromatic N) is 5. The van der Waals surface area contributed by atoms with E-state index in [1.54, 1.807) is 0 Å². The van der Waals surface area contributed by atoms with Crippen LogP contribution < -0.4 is 15.0 Å². The number of halogens is 1. The second-order valence-electron chi connectivity index (χ2n) is 12.5. The van der Waals surface area contributed by atoms with Crippen molar-refractivity contribution in [3.05, 3.63) is 47.0 Å². The molecule has 1 saturated carbocycles. The Balaban J connectivity index is 1.42. The van der Waals surface area contributed by atoms with Crippen LogP contribution in [-0.4, -0.2) is 73.4 Å². The molecule has 3 aliphatic rings. The molecule has 7 rings (SSSR count). The summed E-state index contributed by atoms with van der Waals surface area (Å²) in [7, 11) is 0. The number of piperidine rings is 1. The zero-order valence-electron chi connectivity index (χ0n) is 24.6. The van der Waals surface area contributed by atoms with Crippen LogP contribution in [0.1, 0.15) is 79.7 Å². The first-order valence-electron chi connectivity index (χ1n) is 15.3. The van der Waals surface area contributed by atoms with Crippen LogP contribution in [0.15, 0.2) is 24.3 Å². The number of nitrogens with one attached hydrogen (secondary N) is 1. The van der Waals surface area contributed by atoms with E-state index in [1.807, 2.05) is 16.4 Å². The van der Waals surface area contributed by atoms with E-state index in [-0.39, 0.29) is 46.2 Å². The number of phenolic OH excluding ortho intramolecular Hbond substituents is 1. The third kappa shape index (κ3) is 5.02. The molecular formula is C33H35FN6O4. The van der Waals surface area contributed by atoms with Crippen LogP contribution in [0.4, 0.5) is 10.2 Å². The second-order valence-corrected chi connectivity index (χ2v) is 12.5. The Morgan fingerprint density at radius 1 is 1.20 bits per heavy atom. The molecule has 0 spiro atoms. The zero-order valence-corrected chi connectivity index (χ0v) is 24.6. The Morgan fingerprint density at radius 3 is 2.75 bits per heavy atom. The number of imidazole rings is 1. The van der Waals surface area contributed by atoms with Crippen molar-refractivity contribution in [3.8, 4) is 24.1 Å². The molecule has 0 radical (unpaired) electrons. The van der Waals surface area contributed by atoms with Gasteiger partial charge in [-0.2, -0.15) is 9.97 Å². The normalized spacial score (nSPS) is 22.3. The molecule has 4 aromatic rings. The lowest BCUT2D eigenvalue weighted by molar-refractivity contribution is 0.0447. The second kappa shape index (κ2) is 11.0. The highest BCUT2D eigenvalue weighted by Gasteiger charge is 2.36. The highest BCUT2D eigenvalue weighted by molar-refractivity contribution is 6.17. The van der Waals surface area contributed by atoms with Crippen LogP contribution >= 0.6 is 0 Å². The average molecular weight is 599 g/mol. The summed E-state index contributed by atoms with van der Waals surface area (Å²) >= 11 is 0. The van der Waals surface area contributed by atoms with Crippen molar-refractivity contribution in [1.29, 1.82) is 0 Å². The van der Waals surface area contributed by atoms with Gasteiger partial charge in [0.25, 0.3) is 0 Å². The Bertz CT molecular complexity index is 1820. The number of aliphatic hydroxyl groups is 1. The number of ketones is 1. The lowest BCUT2D eigenvalue weighted by Gasteiger charge is -2.38. The molecule has 4 heterocycles. The number of anilines is 1.